The summed E-state index contributed by atoms with van der Waals surface area (Å²) in [5.74, 6) is 0.894. The maximum absolute atomic E-state index is 5.50. The fourth-order valence-electron chi connectivity index (χ4n) is 1.89. The van der Waals surface area contributed by atoms with Gasteiger partial charge in [0.25, 0.3) is 0 Å². The zero-order chi connectivity index (χ0) is 11.6. The smallest absolute Gasteiger partial charge is 0.151 e. The summed E-state index contributed by atoms with van der Waals surface area (Å²) in [6.07, 6.45) is 0. The zero-order valence-electron chi connectivity index (χ0n) is 9.81. The molecule has 0 saturated carbocycles. The van der Waals surface area contributed by atoms with Crippen LogP contribution in [0.2, 0.25) is 0 Å². The Morgan fingerprint density at radius 2 is 2.25 bits per heavy atom. The summed E-state index contributed by atoms with van der Waals surface area (Å²) in [5, 5.41) is 8.29. The van der Waals surface area contributed by atoms with Crippen molar-refractivity contribution in [2.75, 3.05) is 24.7 Å². The van der Waals surface area contributed by atoms with Gasteiger partial charge < -0.3 is 15.4 Å². The Kier molecular flexibility index (Phi) is 3.07. The molecule has 2 N–H and O–H groups in total. The molecule has 0 aromatic carbocycles. The van der Waals surface area contributed by atoms with Crippen LogP contribution in [0.1, 0.15) is 19.5 Å². The maximum atomic E-state index is 5.50. The summed E-state index contributed by atoms with van der Waals surface area (Å²) in [4.78, 5) is 2.23. The Hall–Kier alpha value is -1.20. The molecule has 1 aromatic heterocycles. The monoisotopic (exact) mass is 222 g/mol. The molecule has 16 heavy (non-hydrogen) atoms. The molecule has 88 valence electrons. The SMILES string of the molecule is CC1(C)COCCN1c1ccc(CN)nn1. The summed E-state index contributed by atoms with van der Waals surface area (Å²) < 4.78 is 5.47. The summed E-state index contributed by atoms with van der Waals surface area (Å²) in [6.45, 7) is 7.02. The van der Waals surface area contributed by atoms with Crippen LogP contribution in [-0.2, 0) is 11.3 Å². The van der Waals surface area contributed by atoms with E-state index in [0.29, 0.717) is 13.2 Å². The Morgan fingerprint density at radius 3 is 2.81 bits per heavy atom. The van der Waals surface area contributed by atoms with Crippen LogP contribution in [0.4, 0.5) is 5.82 Å². The minimum absolute atomic E-state index is 0.0306. The lowest BCUT2D eigenvalue weighted by Gasteiger charge is -2.42. The van der Waals surface area contributed by atoms with Crippen molar-refractivity contribution in [3.63, 3.8) is 0 Å². The molecule has 0 aliphatic carbocycles. The van der Waals surface area contributed by atoms with E-state index < -0.39 is 0 Å². The summed E-state index contributed by atoms with van der Waals surface area (Å²) in [5.41, 5.74) is 6.28. The van der Waals surface area contributed by atoms with Crippen molar-refractivity contribution in [3.05, 3.63) is 17.8 Å². The molecule has 2 heterocycles. The molecule has 1 aliphatic rings. The van der Waals surface area contributed by atoms with E-state index in [4.69, 9.17) is 10.5 Å². The normalized spacial score (nSPS) is 19.8. The second-order valence-corrected chi connectivity index (χ2v) is 4.60. The van der Waals surface area contributed by atoms with Gasteiger partial charge in [0.15, 0.2) is 5.82 Å². The maximum Gasteiger partial charge on any atom is 0.151 e. The highest BCUT2D eigenvalue weighted by molar-refractivity contribution is 5.41. The summed E-state index contributed by atoms with van der Waals surface area (Å²) in [6, 6.07) is 3.90. The molecular weight excluding hydrogens is 204 g/mol. The van der Waals surface area contributed by atoms with Gasteiger partial charge in [0.2, 0.25) is 0 Å². The van der Waals surface area contributed by atoms with Crippen LogP contribution < -0.4 is 10.6 Å². The number of anilines is 1. The van der Waals surface area contributed by atoms with Crippen molar-refractivity contribution in [3.8, 4) is 0 Å². The lowest BCUT2D eigenvalue weighted by molar-refractivity contribution is 0.0638. The second-order valence-electron chi connectivity index (χ2n) is 4.60. The van der Waals surface area contributed by atoms with Gasteiger partial charge in [-0.1, -0.05) is 0 Å². The van der Waals surface area contributed by atoms with E-state index in [1.54, 1.807) is 0 Å². The fraction of sp³-hybridized carbons (Fsp3) is 0.636. The van der Waals surface area contributed by atoms with Gasteiger partial charge in [-0.2, -0.15) is 5.10 Å². The molecule has 0 radical (unpaired) electrons. The Labute approximate surface area is 95.6 Å². The molecule has 0 amide bonds. The molecule has 1 aliphatic heterocycles. The number of hydrogen-bond donors (Lipinski definition) is 1. The van der Waals surface area contributed by atoms with Gasteiger partial charge in [0.05, 0.1) is 24.4 Å². The van der Waals surface area contributed by atoms with E-state index in [2.05, 4.69) is 28.9 Å². The van der Waals surface area contributed by atoms with Crippen molar-refractivity contribution >= 4 is 5.82 Å². The third kappa shape index (κ3) is 2.15. The van der Waals surface area contributed by atoms with Crippen molar-refractivity contribution in [1.82, 2.24) is 10.2 Å². The number of morpholine rings is 1. The van der Waals surface area contributed by atoms with Crippen LogP contribution in [0.5, 0.6) is 0 Å². The van der Waals surface area contributed by atoms with Gasteiger partial charge >= 0.3 is 0 Å². The van der Waals surface area contributed by atoms with Crippen LogP contribution in [0, 0.1) is 0 Å². The lowest BCUT2D eigenvalue weighted by atomic mass is 10.0. The Bertz CT molecular complexity index is 350. The molecule has 5 nitrogen and oxygen atoms in total. The zero-order valence-corrected chi connectivity index (χ0v) is 9.81. The molecule has 1 saturated heterocycles. The third-order valence-corrected chi connectivity index (χ3v) is 2.84. The Balaban J connectivity index is 2.21. The van der Waals surface area contributed by atoms with E-state index in [9.17, 15) is 0 Å². The Morgan fingerprint density at radius 1 is 1.44 bits per heavy atom. The average Bonchev–Trinajstić information content (AvgIpc) is 2.29. The van der Waals surface area contributed by atoms with E-state index >= 15 is 0 Å². The molecule has 1 fully saturated rings. The first kappa shape index (κ1) is 11.3. The molecule has 0 atom stereocenters. The largest absolute Gasteiger partial charge is 0.377 e. The molecule has 0 bridgehead atoms. The predicted octanol–water partition coefficient (Wildman–Crippen LogP) is 0.551. The highest BCUT2D eigenvalue weighted by Gasteiger charge is 2.31. The molecule has 1 aromatic rings. The first-order valence-corrected chi connectivity index (χ1v) is 5.51. The summed E-state index contributed by atoms with van der Waals surface area (Å²) >= 11 is 0. The van der Waals surface area contributed by atoms with Crippen molar-refractivity contribution in [1.29, 1.82) is 0 Å². The van der Waals surface area contributed by atoms with Gasteiger partial charge in [0, 0.05) is 13.1 Å². The van der Waals surface area contributed by atoms with Gasteiger partial charge in [-0.25, -0.2) is 0 Å². The number of aromatic nitrogens is 2. The molecular formula is C11H18N4O. The molecule has 0 spiro atoms. The highest BCUT2D eigenvalue weighted by atomic mass is 16.5. The van der Waals surface area contributed by atoms with E-state index in [1.807, 2.05) is 12.1 Å². The molecule has 2 rings (SSSR count). The first-order chi connectivity index (χ1) is 7.63. The van der Waals surface area contributed by atoms with Crippen molar-refractivity contribution in [2.24, 2.45) is 5.73 Å². The minimum Gasteiger partial charge on any atom is -0.377 e. The van der Waals surface area contributed by atoms with E-state index in [-0.39, 0.29) is 5.54 Å². The van der Waals surface area contributed by atoms with Crippen LogP contribution in [0.25, 0.3) is 0 Å². The minimum atomic E-state index is -0.0306. The predicted molar refractivity (Wildman–Crippen MR) is 62.2 cm³/mol. The van der Waals surface area contributed by atoms with Crippen molar-refractivity contribution < 1.29 is 4.74 Å². The van der Waals surface area contributed by atoms with Gasteiger partial charge in [-0.05, 0) is 26.0 Å². The number of rotatable bonds is 2. The quantitative estimate of drug-likeness (QED) is 0.791. The molecule has 5 heteroatoms. The van der Waals surface area contributed by atoms with Crippen LogP contribution in [0.3, 0.4) is 0 Å². The average molecular weight is 222 g/mol. The van der Waals surface area contributed by atoms with Gasteiger partial charge in [-0.3, -0.25) is 0 Å². The third-order valence-electron chi connectivity index (χ3n) is 2.84. The number of hydrogen-bond acceptors (Lipinski definition) is 5. The van der Waals surface area contributed by atoms with E-state index in [0.717, 1.165) is 24.7 Å². The molecule has 0 unspecified atom stereocenters. The number of nitrogens with two attached hydrogens (primary N) is 1. The van der Waals surface area contributed by atoms with Crippen LogP contribution in [0.15, 0.2) is 12.1 Å². The standard InChI is InChI=1S/C11H18N4O/c1-11(2)8-16-6-5-15(11)10-4-3-9(7-12)13-14-10/h3-4H,5-8,12H2,1-2H3. The number of ether oxygens (including phenoxy) is 1. The van der Waals surface area contributed by atoms with Crippen molar-refractivity contribution in [2.45, 2.75) is 25.9 Å². The van der Waals surface area contributed by atoms with Crippen LogP contribution in [-0.4, -0.2) is 35.5 Å². The van der Waals surface area contributed by atoms with Crippen LogP contribution >= 0.6 is 0 Å². The van der Waals surface area contributed by atoms with E-state index in [1.165, 1.54) is 0 Å². The second kappa shape index (κ2) is 4.35. The fourth-order valence-corrected chi connectivity index (χ4v) is 1.89. The van der Waals surface area contributed by atoms with Gasteiger partial charge in [0.1, 0.15) is 0 Å². The first-order valence-electron chi connectivity index (χ1n) is 5.51. The number of nitrogens with zero attached hydrogens (tertiary/aromatic N) is 3. The topological polar surface area (TPSA) is 64.3 Å². The summed E-state index contributed by atoms with van der Waals surface area (Å²) in [7, 11) is 0. The highest BCUT2D eigenvalue weighted by Crippen LogP contribution is 2.24. The lowest BCUT2D eigenvalue weighted by Crippen LogP contribution is -2.53. The van der Waals surface area contributed by atoms with Gasteiger partial charge in [-0.15, -0.1) is 5.10 Å².